The minimum absolute atomic E-state index is 0.0898. The molecule has 0 aliphatic rings. The maximum absolute atomic E-state index is 12.5. The number of hydrogen-bond acceptors (Lipinski definition) is 3. The third kappa shape index (κ3) is 4.27. The van der Waals surface area contributed by atoms with Gasteiger partial charge in [-0.3, -0.25) is 4.79 Å². The van der Waals surface area contributed by atoms with Gasteiger partial charge in [-0.15, -0.1) is 0 Å². The van der Waals surface area contributed by atoms with Crippen molar-refractivity contribution in [1.82, 2.24) is 4.72 Å². The number of rotatable bonds is 6. The van der Waals surface area contributed by atoms with Crippen LogP contribution in [0.1, 0.15) is 47.8 Å². The molecule has 122 valence electrons. The van der Waals surface area contributed by atoms with Crippen molar-refractivity contribution in [3.8, 4) is 0 Å². The van der Waals surface area contributed by atoms with Gasteiger partial charge in [0.25, 0.3) is 0 Å². The average Bonchev–Trinajstić information content (AvgIpc) is 2.53. The highest BCUT2D eigenvalue weighted by atomic mass is 32.2. The maximum atomic E-state index is 12.5. The standard InChI is InChI=1S/C18H21NO3S/c1-4-18(16-7-5-13(2)6-8-16)19-23(21,22)17-11-9-15(10-12-17)14(3)20/h5-12,18-19H,4H2,1-3H3/t18-/m0/s1. The van der Waals surface area contributed by atoms with Crippen molar-refractivity contribution in [3.05, 3.63) is 65.2 Å². The lowest BCUT2D eigenvalue weighted by Crippen LogP contribution is -2.28. The quantitative estimate of drug-likeness (QED) is 0.822. The van der Waals surface area contributed by atoms with E-state index in [1.54, 1.807) is 0 Å². The van der Waals surface area contributed by atoms with Crippen molar-refractivity contribution in [2.75, 3.05) is 0 Å². The van der Waals surface area contributed by atoms with Crippen molar-refractivity contribution in [2.24, 2.45) is 0 Å². The van der Waals surface area contributed by atoms with Gasteiger partial charge in [-0.2, -0.15) is 0 Å². The topological polar surface area (TPSA) is 63.2 Å². The highest BCUT2D eigenvalue weighted by Crippen LogP contribution is 2.21. The molecule has 0 amide bonds. The van der Waals surface area contributed by atoms with Gasteiger partial charge in [-0.1, -0.05) is 48.9 Å². The third-order valence-electron chi connectivity index (χ3n) is 3.76. The lowest BCUT2D eigenvalue weighted by Gasteiger charge is -2.18. The van der Waals surface area contributed by atoms with Crippen LogP contribution >= 0.6 is 0 Å². The summed E-state index contributed by atoms with van der Waals surface area (Å²) in [5.41, 5.74) is 2.56. The molecule has 0 heterocycles. The summed E-state index contributed by atoms with van der Waals surface area (Å²) in [6.45, 7) is 5.38. The van der Waals surface area contributed by atoms with E-state index in [9.17, 15) is 13.2 Å². The molecule has 0 aliphatic heterocycles. The minimum atomic E-state index is -3.63. The molecular weight excluding hydrogens is 310 g/mol. The van der Waals surface area contributed by atoms with E-state index in [2.05, 4.69) is 4.72 Å². The van der Waals surface area contributed by atoms with Crippen LogP contribution in [0.2, 0.25) is 0 Å². The number of hydrogen-bond donors (Lipinski definition) is 1. The molecule has 4 nitrogen and oxygen atoms in total. The van der Waals surface area contributed by atoms with Crippen LogP contribution in [0, 0.1) is 6.92 Å². The van der Waals surface area contributed by atoms with Gasteiger partial charge >= 0.3 is 0 Å². The Hall–Kier alpha value is -1.98. The smallest absolute Gasteiger partial charge is 0.241 e. The van der Waals surface area contributed by atoms with E-state index in [4.69, 9.17) is 0 Å². The maximum Gasteiger partial charge on any atom is 0.241 e. The lowest BCUT2D eigenvalue weighted by molar-refractivity contribution is 0.101. The van der Waals surface area contributed by atoms with Crippen LogP contribution in [0.15, 0.2) is 53.4 Å². The van der Waals surface area contributed by atoms with Crippen LogP contribution in [0.25, 0.3) is 0 Å². The summed E-state index contributed by atoms with van der Waals surface area (Å²) in [6.07, 6.45) is 0.647. The number of ketones is 1. The summed E-state index contributed by atoms with van der Waals surface area (Å²) in [7, 11) is -3.63. The largest absolute Gasteiger partial charge is 0.295 e. The summed E-state index contributed by atoms with van der Waals surface area (Å²) in [5.74, 6) is -0.0898. The first-order valence-electron chi connectivity index (χ1n) is 7.53. The van der Waals surface area contributed by atoms with E-state index < -0.39 is 10.0 Å². The monoisotopic (exact) mass is 331 g/mol. The van der Waals surface area contributed by atoms with E-state index in [0.29, 0.717) is 12.0 Å². The van der Waals surface area contributed by atoms with Crippen LogP contribution in [-0.2, 0) is 10.0 Å². The third-order valence-corrected chi connectivity index (χ3v) is 5.24. The fraction of sp³-hybridized carbons (Fsp3) is 0.278. The van der Waals surface area contributed by atoms with Crippen LogP contribution in [0.3, 0.4) is 0 Å². The Kier molecular flexibility index (Phi) is 5.34. The first-order chi connectivity index (χ1) is 10.8. The molecule has 2 rings (SSSR count). The molecule has 2 aromatic carbocycles. The van der Waals surface area contributed by atoms with Crippen LogP contribution < -0.4 is 4.72 Å². The zero-order valence-corrected chi connectivity index (χ0v) is 14.4. The highest BCUT2D eigenvalue weighted by Gasteiger charge is 2.20. The van der Waals surface area contributed by atoms with E-state index in [0.717, 1.165) is 11.1 Å². The number of benzene rings is 2. The Morgan fingerprint density at radius 1 is 1.04 bits per heavy atom. The number of nitrogens with one attached hydrogen (secondary N) is 1. The summed E-state index contributed by atoms with van der Waals surface area (Å²) in [6, 6.07) is 13.5. The zero-order valence-electron chi connectivity index (χ0n) is 13.5. The average molecular weight is 331 g/mol. The van der Waals surface area contributed by atoms with Crippen molar-refractivity contribution >= 4 is 15.8 Å². The molecule has 0 bridgehead atoms. The summed E-state index contributed by atoms with van der Waals surface area (Å²) in [4.78, 5) is 11.4. The van der Waals surface area contributed by atoms with E-state index in [1.165, 1.54) is 31.2 Å². The molecule has 1 N–H and O–H groups in total. The van der Waals surface area contributed by atoms with Gasteiger partial charge in [0.2, 0.25) is 10.0 Å². The van der Waals surface area contributed by atoms with Gasteiger partial charge in [0.1, 0.15) is 0 Å². The van der Waals surface area contributed by atoms with Gasteiger partial charge in [0.05, 0.1) is 4.90 Å². The van der Waals surface area contributed by atoms with E-state index >= 15 is 0 Å². The molecule has 0 unspecified atom stereocenters. The van der Waals surface area contributed by atoms with Crippen molar-refractivity contribution < 1.29 is 13.2 Å². The Morgan fingerprint density at radius 3 is 2.09 bits per heavy atom. The van der Waals surface area contributed by atoms with Gasteiger partial charge in [0, 0.05) is 11.6 Å². The molecule has 0 spiro atoms. The lowest BCUT2D eigenvalue weighted by atomic mass is 10.0. The van der Waals surface area contributed by atoms with Crippen molar-refractivity contribution in [2.45, 2.75) is 38.1 Å². The SMILES string of the molecule is CC[C@H](NS(=O)(=O)c1ccc(C(C)=O)cc1)c1ccc(C)cc1. The van der Waals surface area contributed by atoms with E-state index in [1.807, 2.05) is 38.1 Å². The Balaban J connectivity index is 2.24. The van der Waals surface area contributed by atoms with Crippen molar-refractivity contribution in [1.29, 1.82) is 0 Å². The highest BCUT2D eigenvalue weighted by molar-refractivity contribution is 7.89. The van der Waals surface area contributed by atoms with Crippen molar-refractivity contribution in [3.63, 3.8) is 0 Å². The molecule has 5 heteroatoms. The van der Waals surface area contributed by atoms with Crippen LogP contribution in [0.4, 0.5) is 0 Å². The summed E-state index contributed by atoms with van der Waals surface area (Å²) >= 11 is 0. The van der Waals surface area contributed by atoms with E-state index in [-0.39, 0.29) is 16.7 Å². The van der Waals surface area contributed by atoms with Gasteiger partial charge in [-0.05, 0) is 38.0 Å². The number of aryl methyl sites for hydroxylation is 1. The Bertz CT molecular complexity index is 778. The molecule has 0 aromatic heterocycles. The van der Waals surface area contributed by atoms with Gasteiger partial charge < -0.3 is 0 Å². The molecule has 1 atom stereocenters. The molecule has 0 radical (unpaired) electrons. The van der Waals surface area contributed by atoms with Gasteiger partial charge in [0.15, 0.2) is 5.78 Å². The van der Waals surface area contributed by atoms with Crippen LogP contribution in [0.5, 0.6) is 0 Å². The fourth-order valence-electron chi connectivity index (χ4n) is 2.31. The van der Waals surface area contributed by atoms with Crippen LogP contribution in [-0.4, -0.2) is 14.2 Å². The molecular formula is C18H21NO3S. The molecule has 23 heavy (non-hydrogen) atoms. The first kappa shape index (κ1) is 17.4. The molecule has 0 saturated carbocycles. The molecule has 2 aromatic rings. The second-order valence-corrected chi connectivity index (χ2v) is 7.29. The minimum Gasteiger partial charge on any atom is -0.295 e. The number of sulfonamides is 1. The molecule has 0 aliphatic carbocycles. The Labute approximate surface area is 137 Å². The molecule has 0 fully saturated rings. The predicted molar refractivity (Wildman–Crippen MR) is 91.0 cm³/mol. The second kappa shape index (κ2) is 7.06. The Morgan fingerprint density at radius 2 is 1.61 bits per heavy atom. The first-order valence-corrected chi connectivity index (χ1v) is 9.01. The second-order valence-electron chi connectivity index (χ2n) is 5.57. The van der Waals surface area contributed by atoms with Gasteiger partial charge in [-0.25, -0.2) is 13.1 Å². The zero-order chi connectivity index (χ0) is 17.0. The number of carbonyl (C=O) groups is 1. The fourth-order valence-corrected chi connectivity index (χ4v) is 3.62. The summed E-state index contributed by atoms with van der Waals surface area (Å²) in [5, 5.41) is 0. The number of carbonyl (C=O) groups excluding carboxylic acids is 1. The normalized spacial score (nSPS) is 12.8. The molecule has 0 saturated heterocycles. The predicted octanol–water partition coefficient (Wildman–Crippen LogP) is 3.63. The number of Topliss-reactive ketones (excluding diaryl/α,β-unsaturated/α-hetero) is 1. The summed E-state index contributed by atoms with van der Waals surface area (Å²) < 4.78 is 27.8.